The van der Waals surface area contributed by atoms with Crippen molar-refractivity contribution in [2.24, 2.45) is 5.92 Å². The van der Waals surface area contributed by atoms with Crippen LogP contribution in [0.25, 0.3) is 10.9 Å². The summed E-state index contributed by atoms with van der Waals surface area (Å²) in [6, 6.07) is 3.72. The molecule has 1 aliphatic rings. The van der Waals surface area contributed by atoms with Crippen LogP contribution in [0.2, 0.25) is 0 Å². The van der Waals surface area contributed by atoms with E-state index < -0.39 is 0 Å². The zero-order valence-electron chi connectivity index (χ0n) is 14.3. The maximum Gasteiger partial charge on any atom is 0.339 e. The van der Waals surface area contributed by atoms with Crippen LogP contribution in [0, 0.1) is 17.8 Å². The molecule has 3 rings (SSSR count). The van der Waals surface area contributed by atoms with Gasteiger partial charge < -0.3 is 9.47 Å². The second-order valence-electron chi connectivity index (χ2n) is 6.28. The van der Waals surface area contributed by atoms with Crippen molar-refractivity contribution < 1.29 is 14.3 Å². The lowest BCUT2D eigenvalue weighted by molar-refractivity contribution is -0.0366. The second-order valence-corrected chi connectivity index (χ2v) is 6.28. The van der Waals surface area contributed by atoms with E-state index in [0.717, 1.165) is 36.8 Å². The molecule has 1 saturated heterocycles. The van der Waals surface area contributed by atoms with E-state index in [1.165, 1.54) is 7.11 Å². The van der Waals surface area contributed by atoms with Crippen LogP contribution in [-0.2, 0) is 9.47 Å². The maximum absolute atomic E-state index is 12.2. The molecule has 2 aromatic rings. The Morgan fingerprint density at radius 3 is 2.92 bits per heavy atom. The summed E-state index contributed by atoms with van der Waals surface area (Å²) in [5, 5.41) is 5.42. The van der Waals surface area contributed by atoms with Crippen LogP contribution in [-0.4, -0.2) is 29.5 Å². The number of rotatable bonds is 2. The fourth-order valence-electron chi connectivity index (χ4n) is 2.84. The van der Waals surface area contributed by atoms with Crippen molar-refractivity contribution in [2.45, 2.75) is 39.3 Å². The van der Waals surface area contributed by atoms with Gasteiger partial charge in [-0.15, -0.1) is 0 Å². The summed E-state index contributed by atoms with van der Waals surface area (Å²) in [6.07, 6.45) is 4.86. The van der Waals surface area contributed by atoms with E-state index in [0.29, 0.717) is 11.1 Å². The van der Waals surface area contributed by atoms with E-state index in [2.05, 4.69) is 16.9 Å². The summed E-state index contributed by atoms with van der Waals surface area (Å²) in [5.41, 5.74) is 2.01. The van der Waals surface area contributed by atoms with Crippen molar-refractivity contribution in [3.05, 3.63) is 29.5 Å². The third-order valence-corrected chi connectivity index (χ3v) is 4.06. The number of carbonyl (C=O) groups is 1. The molecule has 1 aliphatic heterocycles. The van der Waals surface area contributed by atoms with Gasteiger partial charge in [-0.05, 0) is 31.4 Å². The first kappa shape index (κ1) is 16.5. The van der Waals surface area contributed by atoms with E-state index in [4.69, 9.17) is 9.47 Å². The average Bonchev–Trinajstić information content (AvgIpc) is 3.02. The third-order valence-electron chi connectivity index (χ3n) is 4.06. The Morgan fingerprint density at radius 1 is 1.42 bits per heavy atom. The van der Waals surface area contributed by atoms with Crippen molar-refractivity contribution in [1.29, 1.82) is 0 Å². The number of carbonyl (C=O) groups excluding carboxylic acids is 1. The van der Waals surface area contributed by atoms with Gasteiger partial charge in [-0.25, -0.2) is 9.48 Å². The van der Waals surface area contributed by atoms with Crippen molar-refractivity contribution in [3.63, 3.8) is 0 Å². The number of hydrogen-bond donors (Lipinski definition) is 0. The van der Waals surface area contributed by atoms with E-state index in [1.807, 2.05) is 30.7 Å². The lowest BCUT2D eigenvalue weighted by Crippen LogP contribution is -2.19. The maximum atomic E-state index is 12.2. The zero-order chi connectivity index (χ0) is 17.1. The van der Waals surface area contributed by atoms with E-state index in [1.54, 1.807) is 6.20 Å². The van der Waals surface area contributed by atoms with Crippen molar-refractivity contribution in [2.75, 3.05) is 13.7 Å². The van der Waals surface area contributed by atoms with E-state index in [-0.39, 0.29) is 18.1 Å². The first-order valence-corrected chi connectivity index (χ1v) is 8.33. The number of benzene rings is 1. The number of fused-ring (bicyclic) bond motifs is 1. The molecule has 0 bridgehead atoms. The minimum absolute atomic E-state index is 0.0747. The molecule has 1 atom stereocenters. The number of esters is 1. The predicted molar refractivity (Wildman–Crippen MR) is 91.6 cm³/mol. The molecule has 0 saturated carbocycles. The van der Waals surface area contributed by atoms with Crippen LogP contribution >= 0.6 is 0 Å². The molecule has 1 aromatic carbocycles. The SMILES string of the molecule is COC(=O)c1cc2c(cnn2C2CCCCO2)cc1C#CC(C)C. The summed E-state index contributed by atoms with van der Waals surface area (Å²) in [7, 11) is 1.38. The van der Waals surface area contributed by atoms with Gasteiger partial charge in [0, 0.05) is 23.5 Å². The van der Waals surface area contributed by atoms with Crippen LogP contribution < -0.4 is 0 Å². The normalized spacial score (nSPS) is 17.6. The van der Waals surface area contributed by atoms with Crippen LogP contribution in [0.1, 0.15) is 55.3 Å². The topological polar surface area (TPSA) is 53.3 Å². The molecule has 0 N–H and O–H groups in total. The minimum Gasteiger partial charge on any atom is -0.465 e. The first-order valence-electron chi connectivity index (χ1n) is 8.33. The molecule has 24 heavy (non-hydrogen) atoms. The highest BCUT2D eigenvalue weighted by Gasteiger charge is 2.21. The predicted octanol–water partition coefficient (Wildman–Crippen LogP) is 3.53. The molecule has 5 heteroatoms. The Labute approximate surface area is 141 Å². The highest BCUT2D eigenvalue weighted by molar-refractivity contribution is 5.97. The Hall–Kier alpha value is -2.32. The highest BCUT2D eigenvalue weighted by Crippen LogP contribution is 2.28. The third kappa shape index (κ3) is 3.29. The molecule has 0 radical (unpaired) electrons. The molecular formula is C19H22N2O3. The van der Waals surface area contributed by atoms with Gasteiger partial charge in [0.25, 0.3) is 0 Å². The van der Waals surface area contributed by atoms with E-state index in [9.17, 15) is 4.79 Å². The van der Waals surface area contributed by atoms with Crippen molar-refractivity contribution in [3.8, 4) is 11.8 Å². The fraction of sp³-hybridized carbons (Fsp3) is 0.474. The van der Waals surface area contributed by atoms with Gasteiger partial charge in [-0.2, -0.15) is 5.10 Å². The quantitative estimate of drug-likeness (QED) is 0.626. The number of methoxy groups -OCH3 is 1. The monoisotopic (exact) mass is 326 g/mol. The summed E-state index contributed by atoms with van der Waals surface area (Å²) in [5.74, 6) is 6.04. The molecular weight excluding hydrogens is 304 g/mol. The van der Waals surface area contributed by atoms with Gasteiger partial charge in [0.1, 0.15) is 0 Å². The summed E-state index contributed by atoms with van der Waals surface area (Å²) in [6.45, 7) is 4.78. The molecule has 1 unspecified atom stereocenters. The van der Waals surface area contributed by atoms with Gasteiger partial charge in [0.05, 0.1) is 24.4 Å². The summed E-state index contributed by atoms with van der Waals surface area (Å²) in [4.78, 5) is 12.2. The summed E-state index contributed by atoms with van der Waals surface area (Å²) < 4.78 is 12.6. The summed E-state index contributed by atoms with van der Waals surface area (Å²) >= 11 is 0. The molecule has 0 aliphatic carbocycles. The Balaban J connectivity index is 2.10. The molecule has 1 aromatic heterocycles. The van der Waals surface area contributed by atoms with Crippen LogP contribution in [0.4, 0.5) is 0 Å². The van der Waals surface area contributed by atoms with Crippen LogP contribution in [0.15, 0.2) is 18.3 Å². The fourth-order valence-corrected chi connectivity index (χ4v) is 2.84. The van der Waals surface area contributed by atoms with Crippen molar-refractivity contribution in [1.82, 2.24) is 9.78 Å². The van der Waals surface area contributed by atoms with E-state index >= 15 is 0 Å². The van der Waals surface area contributed by atoms with Gasteiger partial charge in [0.15, 0.2) is 6.23 Å². The lowest BCUT2D eigenvalue weighted by atomic mass is 10.0. The largest absolute Gasteiger partial charge is 0.465 e. The molecule has 2 heterocycles. The standard InChI is InChI=1S/C19H22N2O3/c1-13(2)7-8-14-10-15-12-20-21(18-6-4-5-9-24-18)17(15)11-16(14)19(22)23-3/h10-13,18H,4-6,9H2,1-3H3. The molecule has 1 fully saturated rings. The minimum atomic E-state index is -0.387. The van der Waals surface area contributed by atoms with Crippen LogP contribution in [0.5, 0.6) is 0 Å². The molecule has 5 nitrogen and oxygen atoms in total. The van der Waals surface area contributed by atoms with Gasteiger partial charge in [-0.3, -0.25) is 0 Å². The smallest absolute Gasteiger partial charge is 0.339 e. The number of nitrogens with zero attached hydrogens (tertiary/aromatic N) is 2. The number of hydrogen-bond acceptors (Lipinski definition) is 4. The zero-order valence-corrected chi connectivity index (χ0v) is 14.3. The van der Waals surface area contributed by atoms with Gasteiger partial charge >= 0.3 is 5.97 Å². The lowest BCUT2D eigenvalue weighted by Gasteiger charge is -2.23. The molecule has 0 amide bonds. The first-order chi connectivity index (χ1) is 11.6. The second kappa shape index (κ2) is 7.06. The number of ether oxygens (including phenoxy) is 2. The van der Waals surface area contributed by atoms with Gasteiger partial charge in [-0.1, -0.05) is 25.7 Å². The number of aromatic nitrogens is 2. The van der Waals surface area contributed by atoms with Crippen LogP contribution in [0.3, 0.4) is 0 Å². The van der Waals surface area contributed by atoms with Gasteiger partial charge in [0.2, 0.25) is 0 Å². The average molecular weight is 326 g/mol. The highest BCUT2D eigenvalue weighted by atomic mass is 16.5. The Bertz CT molecular complexity index is 805. The molecule has 126 valence electrons. The molecule has 0 spiro atoms. The van der Waals surface area contributed by atoms with Crippen molar-refractivity contribution >= 4 is 16.9 Å². The Morgan fingerprint density at radius 2 is 2.25 bits per heavy atom. The Kier molecular flexibility index (Phi) is 4.86.